The fourth-order valence-corrected chi connectivity index (χ4v) is 2.42. The summed E-state index contributed by atoms with van der Waals surface area (Å²) in [6.45, 7) is 6.13. The van der Waals surface area contributed by atoms with Crippen molar-refractivity contribution in [2.45, 2.75) is 38.4 Å². The molecule has 5 heteroatoms. The standard InChI is InChI=1S/C15H22N2O3/c1-14(2,3)20-13(18)17-9-8-15(19,10-17)11-6-4-5-7-12(11)16/h4-7,19H,8-10,16H2,1-3H3. The van der Waals surface area contributed by atoms with E-state index in [4.69, 9.17) is 10.5 Å². The maximum Gasteiger partial charge on any atom is 0.410 e. The number of ether oxygens (including phenoxy) is 1. The monoisotopic (exact) mass is 278 g/mol. The van der Waals surface area contributed by atoms with Crippen LogP contribution in [0.3, 0.4) is 0 Å². The number of likely N-dealkylation sites (tertiary alicyclic amines) is 1. The lowest BCUT2D eigenvalue weighted by atomic mass is 9.92. The van der Waals surface area contributed by atoms with Crippen LogP contribution in [-0.2, 0) is 10.3 Å². The van der Waals surface area contributed by atoms with Crippen LogP contribution in [0.1, 0.15) is 32.8 Å². The molecular formula is C15H22N2O3. The van der Waals surface area contributed by atoms with Crippen molar-refractivity contribution in [2.24, 2.45) is 0 Å². The van der Waals surface area contributed by atoms with Gasteiger partial charge < -0.3 is 20.5 Å². The Hall–Kier alpha value is -1.75. The average molecular weight is 278 g/mol. The number of nitrogen functional groups attached to an aromatic ring is 1. The number of benzene rings is 1. The molecule has 0 bridgehead atoms. The van der Waals surface area contributed by atoms with Gasteiger partial charge in [0.1, 0.15) is 11.2 Å². The Kier molecular flexibility index (Phi) is 3.65. The zero-order valence-corrected chi connectivity index (χ0v) is 12.2. The van der Waals surface area contributed by atoms with Gasteiger partial charge in [0.15, 0.2) is 0 Å². The van der Waals surface area contributed by atoms with Crippen molar-refractivity contribution in [3.05, 3.63) is 29.8 Å². The Balaban J connectivity index is 2.12. The van der Waals surface area contributed by atoms with Crippen molar-refractivity contribution < 1.29 is 14.6 Å². The van der Waals surface area contributed by atoms with Gasteiger partial charge in [-0.25, -0.2) is 4.79 Å². The van der Waals surface area contributed by atoms with Gasteiger partial charge in [-0.05, 0) is 33.3 Å². The Labute approximate surface area is 119 Å². The molecule has 0 aromatic heterocycles. The molecule has 5 nitrogen and oxygen atoms in total. The molecule has 1 aromatic rings. The lowest BCUT2D eigenvalue weighted by molar-refractivity contribution is 0.0142. The van der Waals surface area contributed by atoms with E-state index in [9.17, 15) is 9.90 Å². The first-order valence-electron chi connectivity index (χ1n) is 6.77. The summed E-state index contributed by atoms with van der Waals surface area (Å²) < 4.78 is 5.33. The number of rotatable bonds is 1. The summed E-state index contributed by atoms with van der Waals surface area (Å²) >= 11 is 0. The molecule has 0 radical (unpaired) electrons. The molecule has 0 saturated carbocycles. The van der Waals surface area contributed by atoms with Gasteiger partial charge in [0.25, 0.3) is 0 Å². The van der Waals surface area contributed by atoms with Crippen molar-refractivity contribution in [3.63, 3.8) is 0 Å². The smallest absolute Gasteiger partial charge is 0.410 e. The van der Waals surface area contributed by atoms with Gasteiger partial charge in [-0.3, -0.25) is 0 Å². The van der Waals surface area contributed by atoms with Crippen molar-refractivity contribution in [3.8, 4) is 0 Å². The summed E-state index contributed by atoms with van der Waals surface area (Å²) in [4.78, 5) is 13.6. The third-order valence-corrected chi connectivity index (χ3v) is 3.36. The van der Waals surface area contributed by atoms with E-state index in [1.807, 2.05) is 32.9 Å². The number of hydrogen-bond acceptors (Lipinski definition) is 4. The number of aliphatic hydroxyl groups is 1. The zero-order chi connectivity index (χ0) is 15.0. The third-order valence-electron chi connectivity index (χ3n) is 3.36. The first kappa shape index (κ1) is 14.7. The van der Waals surface area contributed by atoms with Crippen LogP contribution in [0.2, 0.25) is 0 Å². The fourth-order valence-electron chi connectivity index (χ4n) is 2.42. The molecule has 1 aliphatic heterocycles. The lowest BCUT2D eigenvalue weighted by Gasteiger charge is -2.27. The van der Waals surface area contributed by atoms with Crippen LogP contribution in [0.5, 0.6) is 0 Å². The molecule has 1 unspecified atom stereocenters. The van der Waals surface area contributed by atoms with Crippen LogP contribution in [0.4, 0.5) is 10.5 Å². The molecular weight excluding hydrogens is 256 g/mol. The maximum absolute atomic E-state index is 12.0. The van der Waals surface area contributed by atoms with Crippen LogP contribution in [-0.4, -0.2) is 34.8 Å². The number of β-amino-alcohol motifs (C(OH)–C–C–N with tert-alkyl or cyclic N) is 1. The highest BCUT2D eigenvalue weighted by Gasteiger charge is 2.41. The second kappa shape index (κ2) is 4.98. The van der Waals surface area contributed by atoms with Gasteiger partial charge >= 0.3 is 6.09 Å². The van der Waals surface area contributed by atoms with Crippen LogP contribution in [0, 0.1) is 0 Å². The number of carbonyl (C=O) groups excluding carboxylic acids is 1. The van der Waals surface area contributed by atoms with Crippen molar-refractivity contribution in [2.75, 3.05) is 18.8 Å². The van der Waals surface area contributed by atoms with Gasteiger partial charge in [-0.1, -0.05) is 18.2 Å². The molecule has 20 heavy (non-hydrogen) atoms. The van der Waals surface area contributed by atoms with Gasteiger partial charge in [0.2, 0.25) is 0 Å². The first-order valence-corrected chi connectivity index (χ1v) is 6.77. The summed E-state index contributed by atoms with van der Waals surface area (Å²) in [7, 11) is 0. The molecule has 3 N–H and O–H groups in total. The molecule has 1 atom stereocenters. The number of para-hydroxylation sites is 1. The van der Waals surface area contributed by atoms with Crippen molar-refractivity contribution in [1.82, 2.24) is 4.90 Å². The highest BCUT2D eigenvalue weighted by Crippen LogP contribution is 2.35. The average Bonchev–Trinajstić information content (AvgIpc) is 2.71. The minimum atomic E-state index is -1.09. The predicted molar refractivity (Wildman–Crippen MR) is 77.2 cm³/mol. The Bertz CT molecular complexity index is 510. The minimum Gasteiger partial charge on any atom is -0.444 e. The number of anilines is 1. The van der Waals surface area contributed by atoms with E-state index in [0.717, 1.165) is 0 Å². The quantitative estimate of drug-likeness (QED) is 0.771. The topological polar surface area (TPSA) is 75.8 Å². The van der Waals surface area contributed by atoms with Gasteiger partial charge in [-0.15, -0.1) is 0 Å². The molecule has 1 heterocycles. The zero-order valence-electron chi connectivity index (χ0n) is 12.2. The van der Waals surface area contributed by atoms with E-state index in [-0.39, 0.29) is 6.54 Å². The van der Waals surface area contributed by atoms with Crippen LogP contribution >= 0.6 is 0 Å². The van der Waals surface area contributed by atoms with E-state index < -0.39 is 17.3 Å². The molecule has 1 amide bonds. The van der Waals surface area contributed by atoms with E-state index >= 15 is 0 Å². The number of hydrogen-bond donors (Lipinski definition) is 2. The van der Waals surface area contributed by atoms with E-state index in [2.05, 4.69) is 0 Å². The second-order valence-electron chi connectivity index (χ2n) is 6.27. The van der Waals surface area contributed by atoms with Crippen molar-refractivity contribution >= 4 is 11.8 Å². The number of carbonyl (C=O) groups is 1. The molecule has 2 rings (SSSR count). The van der Waals surface area contributed by atoms with Gasteiger partial charge in [-0.2, -0.15) is 0 Å². The predicted octanol–water partition coefficient (Wildman–Crippen LogP) is 2.10. The lowest BCUT2D eigenvalue weighted by Crippen LogP contribution is -2.38. The van der Waals surface area contributed by atoms with E-state index in [1.54, 1.807) is 12.1 Å². The minimum absolute atomic E-state index is 0.204. The number of nitrogens with zero attached hydrogens (tertiary/aromatic N) is 1. The van der Waals surface area contributed by atoms with Crippen LogP contribution in [0.15, 0.2) is 24.3 Å². The summed E-state index contributed by atoms with van der Waals surface area (Å²) in [5, 5.41) is 10.7. The number of nitrogens with two attached hydrogens (primary N) is 1. The normalized spacial score (nSPS) is 22.9. The molecule has 1 fully saturated rings. The molecule has 1 aliphatic rings. The number of amides is 1. The maximum atomic E-state index is 12.0. The van der Waals surface area contributed by atoms with Crippen molar-refractivity contribution in [1.29, 1.82) is 0 Å². The first-order chi connectivity index (χ1) is 9.21. The van der Waals surface area contributed by atoms with Gasteiger partial charge in [0, 0.05) is 17.8 Å². The Morgan fingerprint density at radius 1 is 1.40 bits per heavy atom. The van der Waals surface area contributed by atoms with Gasteiger partial charge in [0.05, 0.1) is 6.54 Å². The Morgan fingerprint density at radius 2 is 2.05 bits per heavy atom. The SMILES string of the molecule is CC(C)(C)OC(=O)N1CCC(O)(c2ccccc2N)C1. The largest absolute Gasteiger partial charge is 0.444 e. The summed E-state index contributed by atoms with van der Waals surface area (Å²) in [6.07, 6.45) is 0.0587. The summed E-state index contributed by atoms with van der Waals surface area (Å²) in [6, 6.07) is 7.21. The van der Waals surface area contributed by atoms with Crippen LogP contribution < -0.4 is 5.73 Å². The molecule has 1 aromatic carbocycles. The summed E-state index contributed by atoms with van der Waals surface area (Å²) in [5.41, 5.74) is 5.50. The van der Waals surface area contributed by atoms with E-state index in [0.29, 0.717) is 24.2 Å². The summed E-state index contributed by atoms with van der Waals surface area (Å²) in [5.74, 6) is 0. The molecule has 0 aliphatic carbocycles. The van der Waals surface area contributed by atoms with Crippen LogP contribution in [0.25, 0.3) is 0 Å². The second-order valence-corrected chi connectivity index (χ2v) is 6.27. The molecule has 0 spiro atoms. The molecule has 110 valence electrons. The highest BCUT2D eigenvalue weighted by molar-refractivity contribution is 5.69. The Morgan fingerprint density at radius 3 is 2.65 bits per heavy atom. The fraction of sp³-hybridized carbons (Fsp3) is 0.533. The highest BCUT2D eigenvalue weighted by atomic mass is 16.6. The van der Waals surface area contributed by atoms with E-state index in [1.165, 1.54) is 4.90 Å². The molecule has 1 saturated heterocycles. The third kappa shape index (κ3) is 3.04.